The van der Waals surface area contributed by atoms with Crippen LogP contribution in [0.2, 0.25) is 0 Å². The van der Waals surface area contributed by atoms with Gasteiger partial charge in [-0.2, -0.15) is 0 Å². The Morgan fingerprint density at radius 3 is 2.76 bits per heavy atom. The molecular formula is C14H22N2O. The van der Waals surface area contributed by atoms with Gasteiger partial charge in [-0.1, -0.05) is 18.2 Å². The lowest BCUT2D eigenvalue weighted by molar-refractivity contribution is 0.270. The number of aliphatic hydroxyl groups excluding tert-OH is 1. The predicted molar refractivity (Wildman–Crippen MR) is 71.3 cm³/mol. The summed E-state index contributed by atoms with van der Waals surface area (Å²) in [5, 5.41) is 12.8. The number of aliphatic hydroxyl groups is 1. The van der Waals surface area contributed by atoms with Crippen LogP contribution in [-0.4, -0.2) is 30.8 Å². The summed E-state index contributed by atoms with van der Waals surface area (Å²) in [6, 6.07) is 9.28. The van der Waals surface area contributed by atoms with E-state index in [0.717, 1.165) is 12.6 Å². The average molecular weight is 234 g/mol. The van der Waals surface area contributed by atoms with E-state index in [1.807, 2.05) is 14.0 Å². The summed E-state index contributed by atoms with van der Waals surface area (Å²) in [4.78, 5) is 2.14. The van der Waals surface area contributed by atoms with Crippen molar-refractivity contribution in [3.63, 3.8) is 0 Å². The highest BCUT2D eigenvalue weighted by atomic mass is 16.3. The Labute approximate surface area is 103 Å². The Hall–Kier alpha value is -1.06. The van der Waals surface area contributed by atoms with Crippen molar-refractivity contribution >= 4 is 5.69 Å². The van der Waals surface area contributed by atoms with Crippen molar-refractivity contribution in [1.82, 2.24) is 5.32 Å². The van der Waals surface area contributed by atoms with E-state index in [1.54, 1.807) is 0 Å². The molecule has 0 heterocycles. The fourth-order valence-corrected chi connectivity index (χ4v) is 1.91. The van der Waals surface area contributed by atoms with Crippen molar-refractivity contribution in [3.05, 3.63) is 29.8 Å². The lowest BCUT2D eigenvalue weighted by Gasteiger charge is -2.27. The van der Waals surface area contributed by atoms with E-state index in [4.69, 9.17) is 0 Å². The van der Waals surface area contributed by atoms with Crippen LogP contribution in [0.15, 0.2) is 24.3 Å². The van der Waals surface area contributed by atoms with Crippen LogP contribution in [0, 0.1) is 0 Å². The van der Waals surface area contributed by atoms with Gasteiger partial charge < -0.3 is 15.3 Å². The maximum atomic E-state index is 9.23. The van der Waals surface area contributed by atoms with E-state index >= 15 is 0 Å². The molecule has 1 unspecified atom stereocenters. The SMILES string of the molecule is CC(CO)N(C)c1ccccc1CNC1CC1. The van der Waals surface area contributed by atoms with Gasteiger partial charge in [0.1, 0.15) is 0 Å². The molecular weight excluding hydrogens is 212 g/mol. The van der Waals surface area contributed by atoms with Crippen LogP contribution >= 0.6 is 0 Å². The van der Waals surface area contributed by atoms with Gasteiger partial charge in [0.2, 0.25) is 0 Å². The minimum atomic E-state index is 0.150. The molecule has 1 aromatic carbocycles. The lowest BCUT2D eigenvalue weighted by Crippen LogP contribution is -2.33. The largest absolute Gasteiger partial charge is 0.394 e. The molecule has 0 amide bonds. The van der Waals surface area contributed by atoms with Crippen molar-refractivity contribution < 1.29 is 5.11 Å². The second kappa shape index (κ2) is 5.52. The van der Waals surface area contributed by atoms with E-state index < -0.39 is 0 Å². The van der Waals surface area contributed by atoms with Crippen LogP contribution in [0.1, 0.15) is 25.3 Å². The first-order valence-electron chi connectivity index (χ1n) is 6.37. The molecule has 0 aliphatic heterocycles. The topological polar surface area (TPSA) is 35.5 Å². The molecule has 1 fully saturated rings. The van der Waals surface area contributed by atoms with Crippen LogP contribution < -0.4 is 10.2 Å². The summed E-state index contributed by atoms with van der Waals surface area (Å²) in [6.45, 7) is 3.13. The second-order valence-electron chi connectivity index (χ2n) is 4.93. The third-order valence-electron chi connectivity index (χ3n) is 3.46. The summed E-state index contributed by atoms with van der Waals surface area (Å²) in [5.41, 5.74) is 2.52. The first-order valence-corrected chi connectivity index (χ1v) is 6.37. The number of rotatable bonds is 6. The van der Waals surface area contributed by atoms with E-state index in [2.05, 4.69) is 34.5 Å². The minimum Gasteiger partial charge on any atom is -0.394 e. The molecule has 0 spiro atoms. The number of benzene rings is 1. The molecule has 1 atom stereocenters. The lowest BCUT2D eigenvalue weighted by atomic mass is 10.1. The van der Waals surface area contributed by atoms with Crippen LogP contribution in [-0.2, 0) is 6.54 Å². The Morgan fingerprint density at radius 2 is 2.12 bits per heavy atom. The van der Waals surface area contributed by atoms with E-state index in [-0.39, 0.29) is 12.6 Å². The smallest absolute Gasteiger partial charge is 0.0632 e. The molecule has 0 aromatic heterocycles. The summed E-state index contributed by atoms with van der Waals surface area (Å²) >= 11 is 0. The van der Waals surface area contributed by atoms with Gasteiger partial charge in [-0.05, 0) is 31.4 Å². The summed E-state index contributed by atoms with van der Waals surface area (Å²) in [5.74, 6) is 0. The standard InChI is InChI=1S/C14H22N2O/c1-11(10-17)16(2)14-6-4-3-5-12(14)9-15-13-7-8-13/h3-6,11,13,15,17H,7-10H2,1-2H3. The molecule has 2 rings (SSSR count). The molecule has 3 heteroatoms. The minimum absolute atomic E-state index is 0.150. The maximum Gasteiger partial charge on any atom is 0.0632 e. The van der Waals surface area contributed by atoms with Gasteiger partial charge in [0.25, 0.3) is 0 Å². The zero-order valence-electron chi connectivity index (χ0n) is 10.7. The highest BCUT2D eigenvalue weighted by Crippen LogP contribution is 2.23. The van der Waals surface area contributed by atoms with E-state index in [1.165, 1.54) is 24.1 Å². The number of likely N-dealkylation sites (N-methyl/N-ethyl adjacent to an activating group) is 1. The molecule has 2 N–H and O–H groups in total. The van der Waals surface area contributed by atoms with Gasteiger partial charge in [0, 0.05) is 31.4 Å². The third-order valence-corrected chi connectivity index (χ3v) is 3.46. The molecule has 94 valence electrons. The normalized spacial score (nSPS) is 16.9. The Kier molecular flexibility index (Phi) is 4.02. The van der Waals surface area contributed by atoms with Gasteiger partial charge in [0.05, 0.1) is 6.61 Å². The molecule has 0 radical (unpaired) electrons. The quantitative estimate of drug-likeness (QED) is 0.787. The van der Waals surface area contributed by atoms with Crippen LogP contribution in [0.4, 0.5) is 5.69 Å². The van der Waals surface area contributed by atoms with Crippen molar-refractivity contribution in [2.75, 3.05) is 18.6 Å². The molecule has 1 aromatic rings. The summed E-state index contributed by atoms with van der Waals surface area (Å²) in [6.07, 6.45) is 2.62. The zero-order valence-corrected chi connectivity index (χ0v) is 10.7. The van der Waals surface area contributed by atoms with Crippen molar-refractivity contribution in [2.24, 2.45) is 0 Å². The van der Waals surface area contributed by atoms with E-state index in [0.29, 0.717) is 0 Å². The van der Waals surface area contributed by atoms with Crippen molar-refractivity contribution in [1.29, 1.82) is 0 Å². The predicted octanol–water partition coefficient (Wildman–Crippen LogP) is 1.76. The molecule has 1 aliphatic carbocycles. The van der Waals surface area contributed by atoms with Crippen molar-refractivity contribution in [2.45, 2.75) is 38.4 Å². The summed E-state index contributed by atoms with van der Waals surface area (Å²) in [7, 11) is 2.04. The molecule has 1 saturated carbocycles. The molecule has 17 heavy (non-hydrogen) atoms. The van der Waals surface area contributed by atoms with E-state index in [9.17, 15) is 5.11 Å². The number of hydrogen-bond acceptors (Lipinski definition) is 3. The second-order valence-corrected chi connectivity index (χ2v) is 4.93. The third kappa shape index (κ3) is 3.20. The Bertz CT molecular complexity index is 363. The van der Waals surface area contributed by atoms with Gasteiger partial charge >= 0.3 is 0 Å². The Morgan fingerprint density at radius 1 is 1.41 bits per heavy atom. The highest BCUT2D eigenvalue weighted by molar-refractivity contribution is 5.53. The fraction of sp³-hybridized carbons (Fsp3) is 0.571. The number of hydrogen-bond donors (Lipinski definition) is 2. The number of para-hydroxylation sites is 1. The van der Waals surface area contributed by atoms with Crippen molar-refractivity contribution in [3.8, 4) is 0 Å². The fourth-order valence-electron chi connectivity index (χ4n) is 1.91. The van der Waals surface area contributed by atoms with Gasteiger partial charge in [-0.25, -0.2) is 0 Å². The average Bonchev–Trinajstić information content (AvgIpc) is 3.19. The maximum absolute atomic E-state index is 9.23. The Balaban J connectivity index is 2.07. The molecule has 3 nitrogen and oxygen atoms in total. The first kappa shape index (κ1) is 12.4. The van der Waals surface area contributed by atoms with Crippen LogP contribution in [0.3, 0.4) is 0 Å². The number of nitrogens with zero attached hydrogens (tertiary/aromatic N) is 1. The van der Waals surface area contributed by atoms with Crippen LogP contribution in [0.25, 0.3) is 0 Å². The number of nitrogens with one attached hydrogen (secondary N) is 1. The number of anilines is 1. The molecule has 0 saturated heterocycles. The monoisotopic (exact) mass is 234 g/mol. The zero-order chi connectivity index (χ0) is 12.3. The molecule has 0 bridgehead atoms. The molecule has 1 aliphatic rings. The van der Waals surface area contributed by atoms with Gasteiger partial charge in [-0.15, -0.1) is 0 Å². The highest BCUT2D eigenvalue weighted by Gasteiger charge is 2.21. The van der Waals surface area contributed by atoms with Crippen LogP contribution in [0.5, 0.6) is 0 Å². The first-order chi connectivity index (χ1) is 8.22. The van der Waals surface area contributed by atoms with Gasteiger partial charge in [0.15, 0.2) is 0 Å². The van der Waals surface area contributed by atoms with Gasteiger partial charge in [-0.3, -0.25) is 0 Å². The summed E-state index contributed by atoms with van der Waals surface area (Å²) < 4.78 is 0.